The van der Waals surface area contributed by atoms with Crippen LogP contribution < -0.4 is 21.4 Å². The fraction of sp³-hybridized carbons (Fsp3) is 0.478. The van der Waals surface area contributed by atoms with Crippen LogP contribution in [-0.4, -0.2) is 18.2 Å². The summed E-state index contributed by atoms with van der Waals surface area (Å²) in [6, 6.07) is 7.28. The summed E-state index contributed by atoms with van der Waals surface area (Å²) < 4.78 is 109. The van der Waals surface area contributed by atoms with Gasteiger partial charge in [-0.15, -0.1) is 0 Å². The summed E-state index contributed by atoms with van der Waals surface area (Å²) in [6.07, 6.45) is -7.36. The first-order valence-electron chi connectivity index (χ1n) is 11.2. The van der Waals surface area contributed by atoms with Gasteiger partial charge in [0.1, 0.15) is 0 Å². The molecule has 4 nitrogen and oxygen atoms in total. The van der Waals surface area contributed by atoms with Gasteiger partial charge >= 0.3 is 12.4 Å². The van der Waals surface area contributed by atoms with Crippen molar-refractivity contribution in [2.45, 2.75) is 57.7 Å². The second-order valence-electron chi connectivity index (χ2n) is 8.39. The zero-order valence-electron chi connectivity index (χ0n) is 19.5. The number of hydrogen-bond acceptors (Lipinski definition) is 3. The van der Waals surface area contributed by atoms with Crippen LogP contribution in [0.2, 0.25) is 0 Å². The van der Waals surface area contributed by atoms with Crippen molar-refractivity contribution in [2.75, 3.05) is 12.4 Å². The van der Waals surface area contributed by atoms with E-state index in [1.807, 2.05) is 6.92 Å². The molecular formula is C23H30F6N2O2P2. The molecule has 2 atom stereocenters. The predicted molar refractivity (Wildman–Crippen MR) is 128 cm³/mol. The number of rotatable bonds is 11. The van der Waals surface area contributed by atoms with Crippen molar-refractivity contribution in [1.29, 1.82) is 0 Å². The van der Waals surface area contributed by atoms with Crippen LogP contribution in [0.5, 0.6) is 0 Å². The van der Waals surface area contributed by atoms with Crippen LogP contribution in [0.4, 0.5) is 26.3 Å². The summed E-state index contributed by atoms with van der Waals surface area (Å²) in [5, 5.41) is 2.23. The lowest BCUT2D eigenvalue weighted by atomic mass is 10.2. The monoisotopic (exact) mass is 542 g/mol. The summed E-state index contributed by atoms with van der Waals surface area (Å²) in [6.45, 7) is 3.96. The van der Waals surface area contributed by atoms with E-state index in [-0.39, 0.29) is 23.6 Å². The Morgan fingerprint density at radius 2 is 1.34 bits per heavy atom. The highest BCUT2D eigenvalue weighted by Crippen LogP contribution is 2.60. The minimum absolute atomic E-state index is 0.260. The molecule has 35 heavy (non-hydrogen) atoms. The molecule has 12 heteroatoms. The number of halogens is 6. The van der Waals surface area contributed by atoms with Crippen molar-refractivity contribution >= 4 is 25.0 Å². The Bertz CT molecular complexity index is 1030. The van der Waals surface area contributed by atoms with Crippen LogP contribution in [0, 0.1) is 0 Å². The fourth-order valence-corrected chi connectivity index (χ4v) is 11.6. The Morgan fingerprint density at radius 1 is 0.857 bits per heavy atom. The molecule has 2 aromatic rings. The minimum Gasteiger partial charge on any atom is -0.320 e. The molecule has 0 aliphatic rings. The predicted octanol–water partition coefficient (Wildman–Crippen LogP) is 6.75. The number of unbranched alkanes of at least 4 members (excludes halogenated alkanes) is 1. The molecule has 0 saturated carbocycles. The molecule has 2 aromatic carbocycles. The van der Waals surface area contributed by atoms with Gasteiger partial charge in [-0.05, 0) is 37.1 Å². The lowest BCUT2D eigenvalue weighted by molar-refractivity contribution is -0.138. The number of hydrogen-bond donors (Lipinski definition) is 2. The van der Waals surface area contributed by atoms with Crippen molar-refractivity contribution in [3.8, 4) is 0 Å². The van der Waals surface area contributed by atoms with Gasteiger partial charge in [0.2, 0.25) is 0 Å². The van der Waals surface area contributed by atoms with Crippen LogP contribution in [0.15, 0.2) is 48.5 Å². The third-order valence-electron chi connectivity index (χ3n) is 5.62. The standard InChI is InChI=1S/C23H30F6N2O2P2/c1-3-5-13-31-35(33,21(30)8-4-2)16-34(32,19-11-6-9-17(14-19)22(24,25)26)20-12-7-10-18(15-20)23(27,28)29/h6-7,9-12,14-15,21H,3-5,8,13,16,30H2,1-2H3,(H,31,33). The minimum atomic E-state index is -4.77. The lowest BCUT2D eigenvalue weighted by Gasteiger charge is -2.30. The van der Waals surface area contributed by atoms with Crippen molar-refractivity contribution < 1.29 is 35.5 Å². The second kappa shape index (κ2) is 11.6. The maximum Gasteiger partial charge on any atom is 0.416 e. The van der Waals surface area contributed by atoms with Crippen LogP contribution >= 0.6 is 14.4 Å². The summed E-state index contributed by atoms with van der Waals surface area (Å²) in [5.74, 6) is -1.64. The molecule has 0 radical (unpaired) electrons. The highest BCUT2D eigenvalue weighted by atomic mass is 31.2. The van der Waals surface area contributed by atoms with Crippen LogP contribution in [0.25, 0.3) is 0 Å². The maximum atomic E-state index is 14.5. The maximum absolute atomic E-state index is 14.5. The number of nitrogens with one attached hydrogen (secondary N) is 1. The largest absolute Gasteiger partial charge is 0.416 e. The highest BCUT2D eigenvalue weighted by molar-refractivity contribution is 7.88. The van der Waals surface area contributed by atoms with E-state index in [1.54, 1.807) is 6.92 Å². The topological polar surface area (TPSA) is 72.2 Å². The highest BCUT2D eigenvalue weighted by Gasteiger charge is 2.42. The summed E-state index contributed by atoms with van der Waals surface area (Å²) in [4.78, 5) is 0. The van der Waals surface area contributed by atoms with Crippen LogP contribution in [0.3, 0.4) is 0 Å². The Kier molecular flexibility index (Phi) is 9.85. The summed E-state index contributed by atoms with van der Waals surface area (Å²) in [7, 11) is -7.99. The molecule has 0 spiro atoms. The summed E-state index contributed by atoms with van der Waals surface area (Å²) >= 11 is 0. The zero-order valence-corrected chi connectivity index (χ0v) is 21.3. The van der Waals surface area contributed by atoms with Crippen LogP contribution in [0.1, 0.15) is 50.7 Å². The number of nitrogens with two attached hydrogens (primary N) is 1. The van der Waals surface area contributed by atoms with Gasteiger partial charge in [-0.3, -0.25) is 5.09 Å². The first-order valence-corrected chi connectivity index (χ1v) is 15.1. The third-order valence-corrected chi connectivity index (χ3v) is 13.2. The molecule has 3 N–H and O–H groups in total. The normalized spacial score (nSPS) is 15.6. The first kappa shape index (κ1) is 29.6. The van der Waals surface area contributed by atoms with Gasteiger partial charge in [-0.2, -0.15) is 26.3 Å². The van der Waals surface area contributed by atoms with Crippen LogP contribution in [-0.2, 0) is 21.5 Å². The van der Waals surface area contributed by atoms with E-state index in [1.165, 1.54) is 0 Å². The second-order valence-corrected chi connectivity index (χ2v) is 14.6. The molecule has 0 aromatic heterocycles. The van der Waals surface area contributed by atoms with E-state index >= 15 is 0 Å². The summed E-state index contributed by atoms with van der Waals surface area (Å²) in [5.41, 5.74) is 3.99. The average Bonchev–Trinajstić information content (AvgIpc) is 2.78. The molecule has 0 amide bonds. The van der Waals surface area contributed by atoms with E-state index in [2.05, 4.69) is 5.09 Å². The van der Waals surface area contributed by atoms with E-state index in [0.717, 1.165) is 42.8 Å². The van der Waals surface area contributed by atoms with E-state index < -0.39 is 49.6 Å². The van der Waals surface area contributed by atoms with Crippen molar-refractivity contribution in [1.82, 2.24) is 5.09 Å². The molecule has 0 aliphatic carbocycles. The van der Waals surface area contributed by atoms with Gasteiger partial charge in [0.05, 0.1) is 22.8 Å². The van der Waals surface area contributed by atoms with Crippen molar-refractivity contribution in [3.63, 3.8) is 0 Å². The SMILES string of the molecule is CCCCNP(=O)(CP(=O)(c1cccc(C(F)(F)F)c1)c1cccc(C(F)(F)F)c1)C(N)CCC. The third kappa shape index (κ3) is 7.45. The average molecular weight is 542 g/mol. The molecule has 2 rings (SSSR count). The molecule has 0 bridgehead atoms. The molecule has 0 aliphatic heterocycles. The van der Waals surface area contributed by atoms with E-state index in [9.17, 15) is 35.5 Å². The Labute approximate surface area is 201 Å². The Hall–Kier alpha value is -1.60. The quantitative estimate of drug-likeness (QED) is 0.187. The zero-order chi connectivity index (χ0) is 26.5. The molecule has 0 saturated heterocycles. The first-order chi connectivity index (χ1) is 16.2. The van der Waals surface area contributed by atoms with Gasteiger partial charge in [-0.25, -0.2) is 0 Å². The van der Waals surface area contributed by atoms with Gasteiger partial charge in [0.15, 0.2) is 14.4 Å². The van der Waals surface area contributed by atoms with E-state index in [0.29, 0.717) is 25.0 Å². The van der Waals surface area contributed by atoms with Gasteiger partial charge in [0, 0.05) is 17.2 Å². The molecule has 0 fully saturated rings. The van der Waals surface area contributed by atoms with Crippen molar-refractivity contribution in [2.24, 2.45) is 5.73 Å². The fourth-order valence-electron chi connectivity index (χ4n) is 3.64. The Balaban J connectivity index is 2.75. The van der Waals surface area contributed by atoms with Gasteiger partial charge < -0.3 is 14.9 Å². The molecule has 196 valence electrons. The smallest absolute Gasteiger partial charge is 0.320 e. The lowest BCUT2D eigenvalue weighted by Crippen LogP contribution is -2.33. The van der Waals surface area contributed by atoms with E-state index in [4.69, 9.17) is 5.73 Å². The molecular weight excluding hydrogens is 512 g/mol. The number of benzene rings is 2. The Morgan fingerprint density at radius 3 is 1.74 bits per heavy atom. The molecule has 0 heterocycles. The number of alkyl halides is 6. The van der Waals surface area contributed by atoms with Crippen molar-refractivity contribution in [3.05, 3.63) is 59.7 Å². The molecule has 2 unspecified atom stereocenters. The van der Waals surface area contributed by atoms with Gasteiger partial charge in [0.25, 0.3) is 0 Å². The van der Waals surface area contributed by atoms with Gasteiger partial charge in [-0.1, -0.05) is 51.0 Å².